The third-order valence-electron chi connectivity index (χ3n) is 3.67. The molecule has 104 valence electrons. The van der Waals surface area contributed by atoms with Crippen LogP contribution in [0, 0.1) is 0 Å². The number of benzene rings is 2. The van der Waals surface area contributed by atoms with Crippen LogP contribution < -0.4 is 5.32 Å². The number of halogens is 2. The predicted molar refractivity (Wildman–Crippen MR) is 88.1 cm³/mol. The van der Waals surface area contributed by atoms with Crippen molar-refractivity contribution in [3.8, 4) is 0 Å². The van der Waals surface area contributed by atoms with Gasteiger partial charge >= 0.3 is 0 Å². The quantitative estimate of drug-likeness (QED) is 0.855. The first kappa shape index (κ1) is 14.3. The van der Waals surface area contributed by atoms with Gasteiger partial charge in [0, 0.05) is 21.2 Å². The van der Waals surface area contributed by atoms with E-state index in [9.17, 15) is 0 Å². The lowest BCUT2D eigenvalue weighted by atomic mass is 10.1. The average molecular weight is 324 g/mol. The Morgan fingerprint density at radius 3 is 2.75 bits per heavy atom. The average Bonchev–Trinajstić information content (AvgIpc) is 2.80. The molecule has 2 aromatic rings. The summed E-state index contributed by atoms with van der Waals surface area (Å²) in [5, 5.41) is 5.36. The Morgan fingerprint density at radius 1 is 1.15 bits per heavy atom. The highest BCUT2D eigenvalue weighted by Gasteiger charge is 2.32. The molecule has 1 aliphatic carbocycles. The maximum absolute atomic E-state index is 6.28. The second kappa shape index (κ2) is 5.98. The molecule has 0 aliphatic heterocycles. The molecular formula is C16H15Cl2NS. The molecule has 0 saturated heterocycles. The Balaban J connectivity index is 1.87. The summed E-state index contributed by atoms with van der Waals surface area (Å²) >= 11 is 14.2. The molecule has 1 aliphatic rings. The van der Waals surface area contributed by atoms with Gasteiger partial charge < -0.3 is 5.32 Å². The van der Waals surface area contributed by atoms with Crippen LogP contribution in [-0.4, -0.2) is 12.3 Å². The van der Waals surface area contributed by atoms with Gasteiger partial charge in [-0.3, -0.25) is 0 Å². The summed E-state index contributed by atoms with van der Waals surface area (Å²) in [4.78, 5) is 1.05. The molecular weight excluding hydrogens is 309 g/mol. The monoisotopic (exact) mass is 323 g/mol. The largest absolute Gasteiger partial charge is 0.312 e. The maximum atomic E-state index is 6.28. The molecule has 0 fully saturated rings. The van der Waals surface area contributed by atoms with E-state index in [2.05, 4.69) is 29.6 Å². The SMILES string of the molecule is CNC1c2ccccc2CC1Sc1cc(Cl)ccc1Cl. The molecule has 0 bridgehead atoms. The van der Waals surface area contributed by atoms with Gasteiger partial charge in [0.25, 0.3) is 0 Å². The fourth-order valence-corrected chi connectivity index (χ4v) is 4.61. The summed E-state index contributed by atoms with van der Waals surface area (Å²) in [5.74, 6) is 0. The van der Waals surface area contributed by atoms with E-state index in [0.717, 1.165) is 21.4 Å². The van der Waals surface area contributed by atoms with Gasteiger partial charge in [0.1, 0.15) is 0 Å². The zero-order chi connectivity index (χ0) is 14.1. The van der Waals surface area contributed by atoms with E-state index in [1.54, 1.807) is 11.8 Å². The van der Waals surface area contributed by atoms with E-state index in [1.165, 1.54) is 11.1 Å². The predicted octanol–water partition coefficient (Wildman–Crippen LogP) is 4.97. The smallest absolute Gasteiger partial charge is 0.0543 e. The van der Waals surface area contributed by atoms with Crippen molar-refractivity contribution in [2.45, 2.75) is 22.6 Å². The summed E-state index contributed by atoms with van der Waals surface area (Å²) in [5.41, 5.74) is 2.81. The molecule has 2 atom stereocenters. The molecule has 2 unspecified atom stereocenters. The van der Waals surface area contributed by atoms with Crippen molar-refractivity contribution in [3.05, 3.63) is 63.6 Å². The molecule has 0 heterocycles. The number of thioether (sulfide) groups is 1. The van der Waals surface area contributed by atoms with Crippen molar-refractivity contribution in [3.63, 3.8) is 0 Å². The third-order valence-corrected chi connectivity index (χ3v) is 5.68. The Bertz CT molecular complexity index is 630. The van der Waals surface area contributed by atoms with Gasteiger partial charge in [0.15, 0.2) is 0 Å². The summed E-state index contributed by atoms with van der Waals surface area (Å²) in [6.07, 6.45) is 1.05. The van der Waals surface area contributed by atoms with Gasteiger partial charge in [0.05, 0.1) is 5.02 Å². The molecule has 0 radical (unpaired) electrons. The van der Waals surface area contributed by atoms with Crippen LogP contribution in [0.3, 0.4) is 0 Å². The Hall–Kier alpha value is -0.670. The van der Waals surface area contributed by atoms with E-state index in [0.29, 0.717) is 11.3 Å². The molecule has 4 heteroatoms. The van der Waals surface area contributed by atoms with Crippen LogP contribution in [0.15, 0.2) is 47.4 Å². The van der Waals surface area contributed by atoms with E-state index in [4.69, 9.17) is 23.2 Å². The summed E-state index contributed by atoms with van der Waals surface area (Å²) in [6, 6.07) is 14.6. The lowest BCUT2D eigenvalue weighted by Crippen LogP contribution is -2.23. The summed E-state index contributed by atoms with van der Waals surface area (Å²) < 4.78 is 0. The lowest BCUT2D eigenvalue weighted by Gasteiger charge is -2.20. The van der Waals surface area contributed by atoms with Crippen LogP contribution in [0.5, 0.6) is 0 Å². The van der Waals surface area contributed by atoms with Crippen LogP contribution >= 0.6 is 35.0 Å². The summed E-state index contributed by atoms with van der Waals surface area (Å²) in [6.45, 7) is 0. The van der Waals surface area contributed by atoms with E-state index in [-0.39, 0.29) is 0 Å². The molecule has 0 amide bonds. The first-order valence-electron chi connectivity index (χ1n) is 6.56. The highest BCUT2D eigenvalue weighted by atomic mass is 35.5. The third kappa shape index (κ3) is 2.71. The minimum Gasteiger partial charge on any atom is -0.312 e. The minimum atomic E-state index is 0.353. The van der Waals surface area contributed by atoms with Gasteiger partial charge in [-0.25, -0.2) is 0 Å². The number of rotatable bonds is 3. The minimum absolute atomic E-state index is 0.353. The summed E-state index contributed by atoms with van der Waals surface area (Å²) in [7, 11) is 2.01. The highest BCUT2D eigenvalue weighted by Crippen LogP contribution is 2.43. The van der Waals surface area contributed by atoms with Crippen LogP contribution in [0.1, 0.15) is 17.2 Å². The number of hydrogen-bond acceptors (Lipinski definition) is 2. The first-order chi connectivity index (χ1) is 9.69. The number of nitrogens with one attached hydrogen (secondary N) is 1. The fourth-order valence-electron chi connectivity index (χ4n) is 2.74. The topological polar surface area (TPSA) is 12.0 Å². The van der Waals surface area contributed by atoms with Crippen LogP contribution in [0.25, 0.3) is 0 Å². The van der Waals surface area contributed by atoms with Crippen molar-refractivity contribution in [1.82, 2.24) is 5.32 Å². The zero-order valence-electron chi connectivity index (χ0n) is 11.1. The van der Waals surface area contributed by atoms with Crippen molar-refractivity contribution < 1.29 is 0 Å². The Kier molecular flexibility index (Phi) is 4.27. The van der Waals surface area contributed by atoms with Gasteiger partial charge in [-0.15, -0.1) is 11.8 Å². The standard InChI is InChI=1S/C16H15Cl2NS/c1-19-16-12-5-3-2-4-10(12)8-15(16)20-14-9-11(17)6-7-13(14)18/h2-7,9,15-16,19H,8H2,1H3. The van der Waals surface area contributed by atoms with Gasteiger partial charge in [-0.2, -0.15) is 0 Å². The fraction of sp³-hybridized carbons (Fsp3) is 0.250. The Labute approximate surface area is 133 Å². The van der Waals surface area contributed by atoms with Gasteiger partial charge in [-0.1, -0.05) is 47.5 Å². The lowest BCUT2D eigenvalue weighted by molar-refractivity contribution is 0.603. The normalized spacial score (nSPS) is 20.9. The maximum Gasteiger partial charge on any atom is 0.0543 e. The second-order valence-electron chi connectivity index (χ2n) is 4.90. The van der Waals surface area contributed by atoms with Crippen molar-refractivity contribution in [1.29, 1.82) is 0 Å². The van der Waals surface area contributed by atoms with Gasteiger partial charge in [-0.05, 0) is 42.8 Å². The molecule has 2 aromatic carbocycles. The van der Waals surface area contributed by atoms with Crippen LogP contribution in [0.2, 0.25) is 10.0 Å². The molecule has 3 rings (SSSR count). The second-order valence-corrected chi connectivity index (χ2v) is 7.02. The molecule has 0 saturated carbocycles. The molecule has 20 heavy (non-hydrogen) atoms. The highest BCUT2D eigenvalue weighted by molar-refractivity contribution is 8.00. The van der Waals surface area contributed by atoms with Crippen molar-refractivity contribution in [2.24, 2.45) is 0 Å². The Morgan fingerprint density at radius 2 is 1.95 bits per heavy atom. The van der Waals surface area contributed by atoms with E-state index >= 15 is 0 Å². The van der Waals surface area contributed by atoms with Crippen LogP contribution in [-0.2, 0) is 6.42 Å². The molecule has 1 N–H and O–H groups in total. The van der Waals surface area contributed by atoms with E-state index < -0.39 is 0 Å². The molecule has 0 aromatic heterocycles. The van der Waals surface area contributed by atoms with Crippen LogP contribution in [0.4, 0.5) is 0 Å². The molecule has 0 spiro atoms. The first-order valence-corrected chi connectivity index (χ1v) is 8.19. The molecule has 1 nitrogen and oxygen atoms in total. The van der Waals surface area contributed by atoms with Crippen molar-refractivity contribution in [2.75, 3.05) is 7.05 Å². The van der Waals surface area contributed by atoms with E-state index in [1.807, 2.05) is 25.2 Å². The zero-order valence-corrected chi connectivity index (χ0v) is 13.4. The van der Waals surface area contributed by atoms with Gasteiger partial charge in [0.2, 0.25) is 0 Å². The number of hydrogen-bond donors (Lipinski definition) is 1. The number of fused-ring (bicyclic) bond motifs is 1. The van der Waals surface area contributed by atoms with Crippen molar-refractivity contribution >= 4 is 35.0 Å².